The molecule has 3 aromatic rings. The Hall–Kier alpha value is -2.89. The van der Waals surface area contributed by atoms with Crippen molar-refractivity contribution in [3.8, 4) is 11.3 Å². The van der Waals surface area contributed by atoms with Gasteiger partial charge in [-0.05, 0) is 12.8 Å². The molecule has 1 fully saturated rings. The Morgan fingerprint density at radius 1 is 1.29 bits per heavy atom. The summed E-state index contributed by atoms with van der Waals surface area (Å²) >= 11 is 0. The Balaban J connectivity index is 1.50. The lowest BCUT2D eigenvalue weighted by atomic mass is 9.97. The summed E-state index contributed by atoms with van der Waals surface area (Å²) in [6.45, 7) is 1.39. The van der Waals surface area contributed by atoms with E-state index in [0.717, 1.165) is 30.8 Å². The summed E-state index contributed by atoms with van der Waals surface area (Å²) in [4.78, 5) is 22.0. The number of piperidine rings is 1. The number of likely N-dealkylation sites (tertiary alicyclic amines) is 1. The fraction of sp³-hybridized carbons (Fsp3) is 0.278. The minimum Gasteiger partial charge on any atom is -0.355 e. The van der Waals surface area contributed by atoms with Crippen molar-refractivity contribution in [2.45, 2.75) is 18.8 Å². The standard InChI is InChI=1S/C18H18N4O2/c23-18(15-11-16(24-21-15)13-5-2-1-3-6-13)22-10-4-7-14(12-22)17-19-8-9-20-17/h1-3,5-6,8-9,11,14H,4,7,10,12H2,(H,19,20)/t14-/m0/s1. The van der Waals surface area contributed by atoms with Gasteiger partial charge in [0, 0.05) is 43.0 Å². The minimum atomic E-state index is -0.0859. The Kier molecular flexibility index (Phi) is 3.86. The van der Waals surface area contributed by atoms with Crippen LogP contribution in [0.15, 0.2) is 53.3 Å². The minimum absolute atomic E-state index is 0.0859. The van der Waals surface area contributed by atoms with Gasteiger partial charge >= 0.3 is 0 Å². The summed E-state index contributed by atoms with van der Waals surface area (Å²) in [6.07, 6.45) is 5.56. The van der Waals surface area contributed by atoms with Gasteiger partial charge in [0.1, 0.15) is 5.82 Å². The second-order valence-corrected chi connectivity index (χ2v) is 6.01. The molecule has 1 aromatic carbocycles. The third-order valence-electron chi connectivity index (χ3n) is 4.40. The molecule has 1 aliphatic rings. The van der Waals surface area contributed by atoms with Crippen LogP contribution in [0.2, 0.25) is 0 Å². The second-order valence-electron chi connectivity index (χ2n) is 6.01. The van der Waals surface area contributed by atoms with Crippen LogP contribution in [0, 0.1) is 0 Å². The molecular weight excluding hydrogens is 304 g/mol. The van der Waals surface area contributed by atoms with Crippen molar-refractivity contribution in [1.29, 1.82) is 0 Å². The number of H-pyrrole nitrogens is 1. The second kappa shape index (κ2) is 6.31. The van der Waals surface area contributed by atoms with Gasteiger partial charge in [-0.3, -0.25) is 4.79 Å². The first-order valence-corrected chi connectivity index (χ1v) is 8.12. The van der Waals surface area contributed by atoms with Crippen LogP contribution in [-0.4, -0.2) is 39.0 Å². The summed E-state index contributed by atoms with van der Waals surface area (Å²) in [5.74, 6) is 1.71. The SMILES string of the molecule is O=C(c1cc(-c2ccccc2)on1)N1CCC[C@H](c2ncc[nH]2)C1. The highest BCUT2D eigenvalue weighted by atomic mass is 16.5. The lowest BCUT2D eigenvalue weighted by Crippen LogP contribution is -2.39. The molecule has 3 heterocycles. The highest BCUT2D eigenvalue weighted by Gasteiger charge is 2.28. The zero-order valence-corrected chi connectivity index (χ0v) is 13.2. The van der Waals surface area contributed by atoms with Crippen molar-refractivity contribution in [3.05, 3.63) is 60.3 Å². The Bertz CT molecular complexity index is 811. The number of amides is 1. The van der Waals surface area contributed by atoms with E-state index in [1.165, 1.54) is 0 Å². The monoisotopic (exact) mass is 322 g/mol. The molecule has 6 nitrogen and oxygen atoms in total. The molecule has 1 amide bonds. The maximum atomic E-state index is 12.7. The van der Waals surface area contributed by atoms with Crippen LogP contribution >= 0.6 is 0 Å². The molecule has 4 rings (SSSR count). The Morgan fingerprint density at radius 3 is 2.96 bits per heavy atom. The number of carbonyl (C=O) groups excluding carboxylic acids is 1. The van der Waals surface area contributed by atoms with Crippen LogP contribution in [-0.2, 0) is 0 Å². The fourth-order valence-electron chi connectivity index (χ4n) is 3.16. The van der Waals surface area contributed by atoms with Crippen LogP contribution < -0.4 is 0 Å². The number of aromatic nitrogens is 3. The van der Waals surface area contributed by atoms with Gasteiger partial charge in [0.25, 0.3) is 5.91 Å². The molecule has 1 saturated heterocycles. The van der Waals surface area contributed by atoms with Crippen molar-refractivity contribution in [3.63, 3.8) is 0 Å². The van der Waals surface area contributed by atoms with E-state index in [-0.39, 0.29) is 11.8 Å². The van der Waals surface area contributed by atoms with Gasteiger partial charge in [-0.2, -0.15) is 0 Å². The number of hydrogen-bond donors (Lipinski definition) is 1. The molecule has 0 saturated carbocycles. The highest BCUT2D eigenvalue weighted by molar-refractivity contribution is 5.93. The van der Waals surface area contributed by atoms with E-state index >= 15 is 0 Å². The Morgan fingerprint density at radius 2 is 2.17 bits per heavy atom. The summed E-state index contributed by atoms with van der Waals surface area (Å²) in [6, 6.07) is 11.4. The number of nitrogens with zero attached hydrogens (tertiary/aromatic N) is 3. The molecule has 1 N–H and O–H groups in total. The molecule has 0 aliphatic carbocycles. The van der Waals surface area contributed by atoms with E-state index in [9.17, 15) is 4.79 Å². The van der Waals surface area contributed by atoms with Crippen LogP contribution in [0.3, 0.4) is 0 Å². The predicted octanol–water partition coefficient (Wildman–Crippen LogP) is 3.08. The van der Waals surface area contributed by atoms with Gasteiger partial charge in [-0.15, -0.1) is 0 Å². The number of aromatic amines is 1. The number of carbonyl (C=O) groups is 1. The van der Waals surface area contributed by atoms with Crippen molar-refractivity contribution in [2.75, 3.05) is 13.1 Å². The number of hydrogen-bond acceptors (Lipinski definition) is 4. The molecule has 122 valence electrons. The number of nitrogens with one attached hydrogen (secondary N) is 1. The zero-order chi connectivity index (χ0) is 16.4. The van der Waals surface area contributed by atoms with E-state index in [1.54, 1.807) is 12.3 Å². The molecule has 0 radical (unpaired) electrons. The molecule has 2 aromatic heterocycles. The molecule has 0 spiro atoms. The largest absolute Gasteiger partial charge is 0.355 e. The molecule has 0 unspecified atom stereocenters. The average molecular weight is 322 g/mol. The summed E-state index contributed by atoms with van der Waals surface area (Å²) < 4.78 is 5.35. The first-order chi connectivity index (χ1) is 11.8. The zero-order valence-electron chi connectivity index (χ0n) is 13.2. The highest BCUT2D eigenvalue weighted by Crippen LogP contribution is 2.26. The van der Waals surface area contributed by atoms with E-state index in [0.29, 0.717) is 18.0 Å². The van der Waals surface area contributed by atoms with Gasteiger partial charge in [0.2, 0.25) is 0 Å². The third-order valence-corrected chi connectivity index (χ3v) is 4.40. The van der Waals surface area contributed by atoms with Crippen molar-refractivity contribution in [1.82, 2.24) is 20.0 Å². The first-order valence-electron chi connectivity index (χ1n) is 8.12. The van der Waals surface area contributed by atoms with Gasteiger partial charge in [0.05, 0.1) is 0 Å². The smallest absolute Gasteiger partial charge is 0.276 e. The van der Waals surface area contributed by atoms with Crippen LogP contribution in [0.4, 0.5) is 0 Å². The quantitative estimate of drug-likeness (QED) is 0.804. The summed E-state index contributed by atoms with van der Waals surface area (Å²) in [5.41, 5.74) is 1.27. The van der Waals surface area contributed by atoms with E-state index in [2.05, 4.69) is 15.1 Å². The maximum absolute atomic E-state index is 12.7. The van der Waals surface area contributed by atoms with Gasteiger partial charge < -0.3 is 14.4 Å². The van der Waals surface area contributed by atoms with Crippen molar-refractivity contribution in [2.24, 2.45) is 0 Å². The van der Waals surface area contributed by atoms with E-state index < -0.39 is 0 Å². The number of rotatable bonds is 3. The fourth-order valence-corrected chi connectivity index (χ4v) is 3.16. The normalized spacial score (nSPS) is 17.8. The van der Waals surface area contributed by atoms with Crippen LogP contribution in [0.25, 0.3) is 11.3 Å². The lowest BCUT2D eigenvalue weighted by molar-refractivity contribution is 0.0694. The average Bonchev–Trinajstić information content (AvgIpc) is 3.34. The summed E-state index contributed by atoms with van der Waals surface area (Å²) in [5, 5.41) is 3.97. The Labute approximate surface area is 139 Å². The molecule has 6 heteroatoms. The third kappa shape index (κ3) is 2.82. The van der Waals surface area contributed by atoms with Crippen molar-refractivity contribution >= 4 is 5.91 Å². The first kappa shape index (κ1) is 14.7. The van der Waals surface area contributed by atoms with Crippen LogP contribution in [0.5, 0.6) is 0 Å². The number of imidazole rings is 1. The predicted molar refractivity (Wildman–Crippen MR) is 88.4 cm³/mol. The maximum Gasteiger partial charge on any atom is 0.276 e. The van der Waals surface area contributed by atoms with Gasteiger partial charge in [0.15, 0.2) is 11.5 Å². The topological polar surface area (TPSA) is 75.0 Å². The van der Waals surface area contributed by atoms with Gasteiger partial charge in [-0.1, -0.05) is 35.5 Å². The summed E-state index contributed by atoms with van der Waals surface area (Å²) in [7, 11) is 0. The van der Waals surface area contributed by atoms with Crippen LogP contribution in [0.1, 0.15) is 35.1 Å². The van der Waals surface area contributed by atoms with Crippen molar-refractivity contribution < 1.29 is 9.32 Å². The van der Waals surface area contributed by atoms with Gasteiger partial charge in [-0.25, -0.2) is 4.98 Å². The molecule has 0 bridgehead atoms. The lowest BCUT2D eigenvalue weighted by Gasteiger charge is -2.31. The van der Waals surface area contributed by atoms with E-state index in [4.69, 9.17) is 4.52 Å². The molecular formula is C18H18N4O2. The molecule has 24 heavy (non-hydrogen) atoms. The molecule has 1 aliphatic heterocycles. The molecule has 1 atom stereocenters. The van der Waals surface area contributed by atoms with E-state index in [1.807, 2.05) is 41.4 Å². The number of benzene rings is 1.